The Labute approximate surface area is 560 Å². The number of rotatable bonds is 12. The predicted octanol–water partition coefficient (Wildman–Crippen LogP) is 18.0. The molecule has 0 fully saturated rings. The largest absolute Gasteiger partial charge is 0.488 e. The third-order valence-corrected chi connectivity index (χ3v) is 16.1. The van der Waals surface area contributed by atoms with Crippen molar-refractivity contribution in [1.29, 1.82) is 0 Å². The van der Waals surface area contributed by atoms with Crippen LogP contribution in [0.5, 0.6) is 0 Å². The first-order valence-corrected chi connectivity index (χ1v) is 31.5. The summed E-state index contributed by atoms with van der Waals surface area (Å²) in [5, 5.41) is 18.5. The number of aromatic nitrogens is 10. The lowest BCUT2D eigenvalue weighted by atomic mass is 9.79. The van der Waals surface area contributed by atoms with E-state index in [1.54, 1.807) is 12.1 Å². The molecule has 0 aliphatic carbocycles. The molecular weight excluding hydrogens is 1200 g/mol. The summed E-state index contributed by atoms with van der Waals surface area (Å²) in [7, 11) is -1.41. The fourth-order valence-electron chi connectivity index (χ4n) is 11.0. The number of fused-ring (bicyclic) bond motifs is 2. The Hall–Kier alpha value is -12.4. The van der Waals surface area contributed by atoms with Gasteiger partial charge in [0.15, 0.2) is 40.1 Å². The van der Waals surface area contributed by atoms with Crippen LogP contribution in [0.3, 0.4) is 0 Å². The quantitative estimate of drug-likeness (QED) is 0.111. The molecule has 456 valence electrons. The number of halogens is 1. The summed E-state index contributed by atoms with van der Waals surface area (Å²) in [4.78, 5) is 48.8. The van der Waals surface area contributed by atoms with Gasteiger partial charge < -0.3 is 10.0 Å². The highest BCUT2D eigenvalue weighted by atomic mass is 35.5. The average Bonchev–Trinajstić information content (AvgIpc) is 0.798. The summed E-state index contributed by atoms with van der Waals surface area (Å²) in [6.07, 6.45) is 0. The van der Waals surface area contributed by atoms with E-state index in [1.807, 2.05) is 255 Å². The van der Waals surface area contributed by atoms with E-state index in [0.29, 0.717) is 51.3 Å². The van der Waals surface area contributed by atoms with Crippen molar-refractivity contribution < 1.29 is 10.0 Å². The molecule has 0 unspecified atom stereocenters. The molecule has 12 aromatic carbocycles. The second kappa shape index (κ2) is 28.6. The number of hydrogen-bond donors (Lipinski definition) is 2. The van der Waals surface area contributed by atoms with Gasteiger partial charge in [-0.3, -0.25) is 0 Å². The van der Waals surface area contributed by atoms with Crippen LogP contribution in [0.25, 0.3) is 146 Å². The monoisotopic (exact) mass is 1260 g/mol. The van der Waals surface area contributed by atoms with E-state index in [2.05, 4.69) is 65.6 Å². The van der Waals surface area contributed by atoms with Crippen LogP contribution in [0.1, 0.15) is 0 Å². The van der Waals surface area contributed by atoms with Crippen molar-refractivity contribution in [2.75, 3.05) is 0 Å². The van der Waals surface area contributed by atoms with E-state index in [9.17, 15) is 0 Å². The molecule has 0 aliphatic heterocycles. The highest BCUT2D eigenvalue weighted by Crippen LogP contribution is 2.37. The molecule has 96 heavy (non-hydrogen) atoms. The third-order valence-electron chi connectivity index (χ3n) is 15.8. The Bertz CT molecular complexity index is 5240. The maximum absolute atomic E-state index is 9.05. The maximum Gasteiger partial charge on any atom is 0.488 e. The number of benzene rings is 12. The molecule has 4 aromatic heterocycles. The zero-order valence-electron chi connectivity index (χ0n) is 51.5. The van der Waals surface area contributed by atoms with Crippen molar-refractivity contribution in [2.24, 2.45) is 0 Å². The molecule has 0 saturated carbocycles. The van der Waals surface area contributed by atoms with Crippen LogP contribution in [-0.4, -0.2) is 67.0 Å². The minimum absolute atomic E-state index is 0.353. The van der Waals surface area contributed by atoms with E-state index in [1.165, 1.54) is 0 Å². The first-order chi connectivity index (χ1) is 47.3. The molecule has 14 heteroatoms. The highest BCUT2D eigenvalue weighted by Gasteiger charge is 2.20. The van der Waals surface area contributed by atoms with Crippen LogP contribution in [0, 0.1) is 0 Å². The Morgan fingerprint density at radius 3 is 0.792 bits per heavy atom. The van der Waals surface area contributed by atoms with Gasteiger partial charge in [0.25, 0.3) is 0 Å². The number of para-hydroxylation sites is 4. The third kappa shape index (κ3) is 14.1. The molecule has 0 saturated heterocycles. The molecule has 0 aliphatic rings. The number of nitrogens with zero attached hydrogens (tertiary/aromatic N) is 10. The van der Waals surface area contributed by atoms with Crippen molar-refractivity contribution in [3.8, 4) is 124 Å². The van der Waals surface area contributed by atoms with Gasteiger partial charge in [-0.05, 0) is 70.2 Å². The molecule has 0 bridgehead atoms. The van der Waals surface area contributed by atoms with Gasteiger partial charge in [0.2, 0.25) is 0 Å². The zero-order valence-corrected chi connectivity index (χ0v) is 52.3. The molecule has 0 spiro atoms. The van der Waals surface area contributed by atoms with Crippen LogP contribution >= 0.6 is 11.6 Å². The second-order valence-corrected chi connectivity index (χ2v) is 22.7. The normalized spacial score (nSPS) is 10.9. The molecule has 16 aromatic rings. The molecule has 2 N–H and O–H groups in total. The Kier molecular flexibility index (Phi) is 18.2. The van der Waals surface area contributed by atoms with E-state index >= 15 is 0 Å². The molecule has 0 atom stereocenters. The predicted molar refractivity (Wildman–Crippen MR) is 387 cm³/mol. The van der Waals surface area contributed by atoms with Gasteiger partial charge in [-0.1, -0.05) is 297 Å². The highest BCUT2D eigenvalue weighted by molar-refractivity contribution is 6.58. The van der Waals surface area contributed by atoms with Crippen molar-refractivity contribution >= 4 is 46.2 Å². The van der Waals surface area contributed by atoms with Crippen molar-refractivity contribution in [1.82, 2.24) is 49.8 Å². The summed E-state index contributed by atoms with van der Waals surface area (Å²) in [5.74, 6) is 3.64. The van der Waals surface area contributed by atoms with Gasteiger partial charge in [0, 0.05) is 50.1 Å². The van der Waals surface area contributed by atoms with Crippen LogP contribution in [-0.2, 0) is 0 Å². The lowest BCUT2D eigenvalue weighted by molar-refractivity contribution is 0.426. The van der Waals surface area contributed by atoms with Gasteiger partial charge in [0.1, 0.15) is 5.69 Å². The van der Waals surface area contributed by atoms with Crippen molar-refractivity contribution in [2.45, 2.75) is 0 Å². The lowest BCUT2D eigenvalue weighted by Crippen LogP contribution is -2.29. The summed E-state index contributed by atoms with van der Waals surface area (Å²) in [6.45, 7) is 0. The van der Waals surface area contributed by atoms with E-state index in [4.69, 9.17) is 66.5 Å². The lowest BCUT2D eigenvalue weighted by Gasteiger charge is -2.13. The van der Waals surface area contributed by atoms with Crippen molar-refractivity contribution in [3.05, 3.63) is 333 Å². The van der Waals surface area contributed by atoms with Gasteiger partial charge >= 0.3 is 7.12 Å². The first kappa shape index (κ1) is 61.1. The zero-order chi connectivity index (χ0) is 65.0. The molecule has 4 heterocycles. The smallest absolute Gasteiger partial charge is 0.423 e. The number of hydrogen-bond acceptors (Lipinski definition) is 12. The standard InChI is InChI=1S/C41H27N5.C29H18ClN5.C12H11BO2/c1-4-14-28(15-5-1)31-20-12-21-32(26-31)37-38(43-36-25-11-10-24-35(36)42-37)33-22-13-23-34(27-33)41-45-39(29-16-6-2-7-17-29)44-40(46-41)30-18-8-3-9-19-30;30-26-25(31-23-16-7-8-17-24(23)32-26)21-14-9-15-22(18-21)29-34-27(19-10-3-1-4-11-19)33-28(35-29)20-12-5-2-6-13-20;14-13(15)12-8-4-7-11(9-12)10-5-2-1-3-6-10/h1-27H;1-18H;1-9,14-15H. The van der Waals surface area contributed by atoms with Gasteiger partial charge in [0.05, 0.1) is 33.5 Å². The van der Waals surface area contributed by atoms with Gasteiger partial charge in [-0.2, -0.15) is 0 Å². The van der Waals surface area contributed by atoms with Crippen molar-refractivity contribution in [3.63, 3.8) is 0 Å². The van der Waals surface area contributed by atoms with Gasteiger partial charge in [-0.25, -0.2) is 49.8 Å². The SMILES string of the molecule is Clc1nc2ccccc2nc1-c1cccc(-c2nc(-c3ccccc3)nc(-c3ccccc3)n2)c1.OB(O)c1cccc(-c2ccccc2)c1.c1ccc(-c2cccc(-c3nc4ccccc4nc3-c3cccc(-c4nc(-c5ccccc5)nc(-c5ccccc5)n4)c3)c2)cc1. The maximum atomic E-state index is 9.05. The Morgan fingerprint density at radius 1 is 0.198 bits per heavy atom. The van der Waals surface area contributed by atoms with Crippen LogP contribution in [0.4, 0.5) is 0 Å². The minimum atomic E-state index is -1.41. The molecule has 12 nitrogen and oxygen atoms in total. The molecule has 16 rings (SSSR count). The van der Waals surface area contributed by atoms with Gasteiger partial charge in [-0.15, -0.1) is 0 Å². The molecular formula is C82H56BClN10O2. The van der Waals surface area contributed by atoms with E-state index < -0.39 is 7.12 Å². The fraction of sp³-hybridized carbons (Fsp3) is 0. The summed E-state index contributed by atoms with van der Waals surface area (Å²) >= 11 is 6.53. The van der Waals surface area contributed by atoms with Crippen LogP contribution in [0.15, 0.2) is 328 Å². The van der Waals surface area contributed by atoms with Crippen LogP contribution in [0.2, 0.25) is 5.15 Å². The van der Waals surface area contributed by atoms with E-state index in [-0.39, 0.29) is 0 Å². The van der Waals surface area contributed by atoms with E-state index in [0.717, 1.165) is 106 Å². The molecule has 0 amide bonds. The fourth-order valence-corrected chi connectivity index (χ4v) is 11.3. The summed E-state index contributed by atoms with van der Waals surface area (Å²) < 4.78 is 0. The summed E-state index contributed by atoms with van der Waals surface area (Å²) in [6, 6.07) is 108. The average molecular weight is 1260 g/mol. The topological polar surface area (TPSA) is 169 Å². The molecule has 0 radical (unpaired) electrons. The van der Waals surface area contributed by atoms with Crippen LogP contribution < -0.4 is 5.46 Å². The summed E-state index contributed by atoms with van der Waals surface area (Å²) in [5.41, 5.74) is 18.5. The first-order valence-electron chi connectivity index (χ1n) is 31.1. The second-order valence-electron chi connectivity index (χ2n) is 22.3. The Balaban J connectivity index is 0.000000139. The minimum Gasteiger partial charge on any atom is -0.423 e. The Morgan fingerprint density at radius 2 is 0.438 bits per heavy atom.